The molecule has 1 aromatic carbocycles. The Bertz CT molecular complexity index is 719. The molecule has 1 aliphatic heterocycles. The molecule has 4 nitrogen and oxygen atoms in total. The van der Waals surface area contributed by atoms with Crippen molar-refractivity contribution in [2.24, 2.45) is 0 Å². The van der Waals surface area contributed by atoms with Gasteiger partial charge in [0.2, 0.25) is 0 Å². The van der Waals surface area contributed by atoms with Crippen LogP contribution in [0.4, 0.5) is 8.78 Å². The van der Waals surface area contributed by atoms with Crippen molar-refractivity contribution in [3.8, 4) is 0 Å². The molecule has 1 N–H and O–H groups in total. The van der Waals surface area contributed by atoms with Gasteiger partial charge in [-0.25, -0.2) is 8.78 Å². The van der Waals surface area contributed by atoms with Crippen molar-refractivity contribution < 1.29 is 23.5 Å². The summed E-state index contributed by atoms with van der Waals surface area (Å²) in [4.78, 5) is 24.2. The fraction of sp³-hybridized carbons (Fsp3) is 0.267. The third kappa shape index (κ3) is 3.94. The molecule has 1 fully saturated rings. The summed E-state index contributed by atoms with van der Waals surface area (Å²) in [5.74, 6) is -3.34. The number of nitrogens with zero attached hydrogens (tertiary/aromatic N) is 1. The van der Waals surface area contributed by atoms with E-state index in [2.05, 4.69) is 0 Å². The summed E-state index contributed by atoms with van der Waals surface area (Å²) < 4.78 is 27.7. The molecule has 8 heteroatoms. The van der Waals surface area contributed by atoms with Gasteiger partial charge in [0, 0.05) is 18.5 Å². The molecule has 23 heavy (non-hydrogen) atoms. The zero-order valence-corrected chi connectivity index (χ0v) is 13.8. The van der Waals surface area contributed by atoms with Crippen LogP contribution in [0.2, 0.25) is 0 Å². The third-order valence-corrected chi connectivity index (χ3v) is 4.62. The number of rotatable bonds is 5. The lowest BCUT2D eigenvalue weighted by Crippen LogP contribution is -2.29. The van der Waals surface area contributed by atoms with Crippen LogP contribution in [0.1, 0.15) is 24.0 Å². The highest BCUT2D eigenvalue weighted by Gasteiger charge is 2.32. The van der Waals surface area contributed by atoms with Crippen molar-refractivity contribution in [3.05, 3.63) is 39.8 Å². The van der Waals surface area contributed by atoms with E-state index in [1.54, 1.807) is 0 Å². The van der Waals surface area contributed by atoms with Crippen LogP contribution in [0, 0.1) is 18.6 Å². The van der Waals surface area contributed by atoms with Gasteiger partial charge in [-0.15, -0.1) is 0 Å². The highest BCUT2D eigenvalue weighted by atomic mass is 32.2. The van der Waals surface area contributed by atoms with Crippen LogP contribution in [-0.2, 0) is 9.59 Å². The van der Waals surface area contributed by atoms with E-state index in [4.69, 9.17) is 17.3 Å². The van der Waals surface area contributed by atoms with Crippen molar-refractivity contribution in [3.63, 3.8) is 0 Å². The lowest BCUT2D eigenvalue weighted by molar-refractivity contribution is -0.137. The molecule has 1 saturated heterocycles. The van der Waals surface area contributed by atoms with E-state index in [0.29, 0.717) is 0 Å². The Kier molecular flexibility index (Phi) is 5.48. The average molecular weight is 357 g/mol. The van der Waals surface area contributed by atoms with Gasteiger partial charge < -0.3 is 5.11 Å². The Labute approximate surface area is 141 Å². The van der Waals surface area contributed by atoms with E-state index in [-0.39, 0.29) is 39.7 Å². The van der Waals surface area contributed by atoms with Gasteiger partial charge in [-0.1, -0.05) is 36.1 Å². The minimum atomic E-state index is -1.01. The van der Waals surface area contributed by atoms with Crippen molar-refractivity contribution in [2.75, 3.05) is 6.54 Å². The number of carboxylic acid groups (broad SMARTS) is 1. The average Bonchev–Trinajstić information content (AvgIpc) is 2.75. The van der Waals surface area contributed by atoms with Crippen LogP contribution in [0.5, 0.6) is 0 Å². The lowest BCUT2D eigenvalue weighted by Gasteiger charge is -2.13. The standard InChI is InChI=1S/C15H13F2NO3S2/c1-8-4-5-9(13(17)12(8)16)7-10-14(21)18(15(22)23-10)6-2-3-11(19)20/h4-5,7H,2-3,6H2,1H3,(H,19,20). The maximum Gasteiger partial charge on any atom is 0.303 e. The molecule has 0 spiro atoms. The number of hydrogen-bond donors (Lipinski definition) is 1. The number of thiocarbonyl (C=S) groups is 1. The molecule has 0 aromatic heterocycles. The first-order chi connectivity index (χ1) is 10.8. The number of carbonyl (C=O) groups is 2. The molecular weight excluding hydrogens is 344 g/mol. The van der Waals surface area contributed by atoms with Crippen molar-refractivity contribution in [2.45, 2.75) is 19.8 Å². The quantitative estimate of drug-likeness (QED) is 0.647. The number of hydrogen-bond acceptors (Lipinski definition) is 4. The maximum absolute atomic E-state index is 13.9. The molecule has 0 radical (unpaired) electrons. The highest BCUT2D eigenvalue weighted by molar-refractivity contribution is 8.26. The van der Waals surface area contributed by atoms with Gasteiger partial charge in [-0.3, -0.25) is 14.5 Å². The van der Waals surface area contributed by atoms with Crippen molar-refractivity contribution >= 4 is 46.3 Å². The van der Waals surface area contributed by atoms with Crippen molar-refractivity contribution in [1.82, 2.24) is 4.90 Å². The second kappa shape index (κ2) is 7.18. The molecule has 1 aromatic rings. The Hall–Kier alpha value is -1.80. The summed E-state index contributed by atoms with van der Waals surface area (Å²) in [7, 11) is 0. The number of halogens is 2. The van der Waals surface area contributed by atoms with Gasteiger partial charge in [-0.05, 0) is 25.0 Å². The summed E-state index contributed by atoms with van der Waals surface area (Å²) in [6, 6.07) is 2.82. The van der Waals surface area contributed by atoms with E-state index in [9.17, 15) is 18.4 Å². The summed E-state index contributed by atoms with van der Waals surface area (Å²) in [5, 5.41) is 8.61. The second-order valence-corrected chi connectivity index (χ2v) is 6.61. The second-order valence-electron chi connectivity index (χ2n) is 4.93. The first kappa shape index (κ1) is 17.6. The third-order valence-electron chi connectivity index (χ3n) is 3.24. The molecule has 0 unspecified atom stereocenters. The Morgan fingerprint density at radius 2 is 2.09 bits per heavy atom. The largest absolute Gasteiger partial charge is 0.481 e. The topological polar surface area (TPSA) is 57.6 Å². The molecule has 2 rings (SSSR count). The molecule has 1 aliphatic rings. The minimum absolute atomic E-state index is 0.0286. The monoisotopic (exact) mass is 357 g/mol. The molecule has 0 atom stereocenters. The minimum Gasteiger partial charge on any atom is -0.481 e. The number of aryl methyl sites for hydroxylation is 1. The van der Waals surface area contributed by atoms with E-state index < -0.39 is 23.5 Å². The van der Waals surface area contributed by atoms with Crippen LogP contribution in [0.25, 0.3) is 6.08 Å². The predicted molar refractivity (Wildman–Crippen MR) is 87.8 cm³/mol. The number of benzene rings is 1. The van der Waals surface area contributed by atoms with Crippen LogP contribution >= 0.6 is 24.0 Å². The normalized spacial score (nSPS) is 16.5. The van der Waals surface area contributed by atoms with E-state index in [0.717, 1.165) is 11.8 Å². The fourth-order valence-electron chi connectivity index (χ4n) is 1.99. The Morgan fingerprint density at radius 1 is 1.39 bits per heavy atom. The molecule has 122 valence electrons. The SMILES string of the molecule is Cc1ccc(C=C2SC(=S)N(CCCC(=O)O)C2=O)c(F)c1F. The van der Waals surface area contributed by atoms with Gasteiger partial charge in [-0.2, -0.15) is 0 Å². The molecule has 0 saturated carbocycles. The van der Waals surface area contributed by atoms with E-state index in [1.165, 1.54) is 30.0 Å². The first-order valence-corrected chi connectivity index (χ1v) is 7.95. The number of carbonyl (C=O) groups excluding carboxylic acids is 1. The van der Waals surface area contributed by atoms with Gasteiger partial charge in [0.15, 0.2) is 11.6 Å². The van der Waals surface area contributed by atoms with Crippen molar-refractivity contribution in [1.29, 1.82) is 0 Å². The number of carboxylic acids is 1. The van der Waals surface area contributed by atoms with Crippen LogP contribution in [0.15, 0.2) is 17.0 Å². The summed E-state index contributed by atoms with van der Waals surface area (Å²) in [6.07, 6.45) is 1.45. The van der Waals surface area contributed by atoms with Gasteiger partial charge >= 0.3 is 5.97 Å². The highest BCUT2D eigenvalue weighted by Crippen LogP contribution is 2.33. The van der Waals surface area contributed by atoms with Gasteiger partial charge in [0.1, 0.15) is 4.32 Å². The van der Waals surface area contributed by atoms with Crippen LogP contribution < -0.4 is 0 Å². The number of amides is 1. The van der Waals surface area contributed by atoms with Crippen LogP contribution in [-0.4, -0.2) is 32.7 Å². The maximum atomic E-state index is 13.9. The van der Waals surface area contributed by atoms with Gasteiger partial charge in [0.25, 0.3) is 5.91 Å². The summed E-state index contributed by atoms with van der Waals surface area (Å²) >= 11 is 6.07. The number of thioether (sulfide) groups is 1. The fourth-order valence-corrected chi connectivity index (χ4v) is 3.29. The molecular formula is C15H13F2NO3S2. The summed E-state index contributed by atoms with van der Waals surface area (Å²) in [5.41, 5.74) is 0.153. The molecule has 1 heterocycles. The molecule has 0 bridgehead atoms. The molecule has 1 amide bonds. The zero-order chi connectivity index (χ0) is 17.1. The lowest BCUT2D eigenvalue weighted by atomic mass is 10.1. The number of aliphatic carboxylic acids is 1. The molecule has 0 aliphatic carbocycles. The smallest absolute Gasteiger partial charge is 0.303 e. The van der Waals surface area contributed by atoms with Gasteiger partial charge in [0.05, 0.1) is 4.91 Å². The van der Waals surface area contributed by atoms with E-state index in [1.807, 2.05) is 0 Å². The summed E-state index contributed by atoms with van der Waals surface area (Å²) in [6.45, 7) is 1.63. The Balaban J connectivity index is 2.19. The first-order valence-electron chi connectivity index (χ1n) is 6.73. The van der Waals surface area contributed by atoms with E-state index >= 15 is 0 Å². The Morgan fingerprint density at radius 3 is 2.74 bits per heavy atom. The zero-order valence-electron chi connectivity index (χ0n) is 12.1. The predicted octanol–water partition coefficient (Wildman–Crippen LogP) is 3.34. The van der Waals surface area contributed by atoms with Crippen LogP contribution in [0.3, 0.4) is 0 Å².